The zero-order valence-corrected chi connectivity index (χ0v) is 17.6. The summed E-state index contributed by atoms with van der Waals surface area (Å²) in [6.07, 6.45) is 14.7. The second-order valence-corrected chi connectivity index (χ2v) is 9.06. The van der Waals surface area contributed by atoms with E-state index < -0.39 is 0 Å². The average Bonchev–Trinajstić information content (AvgIpc) is 3.41. The lowest BCUT2D eigenvalue weighted by Gasteiger charge is -2.41. The molecule has 1 saturated heterocycles. The second-order valence-electron chi connectivity index (χ2n) is 9.06. The van der Waals surface area contributed by atoms with Crippen LogP contribution in [0, 0.1) is 0 Å². The van der Waals surface area contributed by atoms with Gasteiger partial charge in [0, 0.05) is 31.4 Å². The average molecular weight is 409 g/mol. The lowest BCUT2D eigenvalue weighted by molar-refractivity contribution is 0.0493. The van der Waals surface area contributed by atoms with E-state index in [9.17, 15) is 4.79 Å². The Kier molecular flexibility index (Phi) is 5.75. The molecule has 2 saturated carbocycles. The van der Waals surface area contributed by atoms with Crippen LogP contribution in [0.15, 0.2) is 36.7 Å². The highest BCUT2D eigenvalue weighted by Crippen LogP contribution is 2.28. The number of nitrogens with zero attached hydrogens (tertiary/aromatic N) is 3. The Morgan fingerprint density at radius 2 is 1.70 bits per heavy atom. The van der Waals surface area contributed by atoms with Crippen molar-refractivity contribution in [3.8, 4) is 11.4 Å². The smallest absolute Gasteiger partial charge is 0.254 e. The monoisotopic (exact) mass is 408 g/mol. The van der Waals surface area contributed by atoms with E-state index in [4.69, 9.17) is 4.74 Å². The van der Waals surface area contributed by atoms with E-state index in [0.717, 1.165) is 56.3 Å². The fraction of sp³-hybridized carbons (Fsp3) is 0.583. The summed E-state index contributed by atoms with van der Waals surface area (Å²) in [5.74, 6) is 0.883. The molecule has 1 aromatic carbocycles. The van der Waals surface area contributed by atoms with Gasteiger partial charge in [-0.3, -0.25) is 4.79 Å². The summed E-state index contributed by atoms with van der Waals surface area (Å²) in [4.78, 5) is 15.1. The molecule has 2 heterocycles. The third-order valence-corrected chi connectivity index (χ3v) is 7.01. The van der Waals surface area contributed by atoms with E-state index in [-0.39, 0.29) is 5.91 Å². The summed E-state index contributed by atoms with van der Waals surface area (Å²) in [6, 6.07) is 9.18. The Bertz CT molecular complexity index is 844. The fourth-order valence-corrected chi connectivity index (χ4v) is 4.90. The van der Waals surface area contributed by atoms with Gasteiger partial charge in [0.05, 0.1) is 17.4 Å². The predicted octanol–water partition coefficient (Wildman–Crippen LogP) is 3.94. The molecule has 5 rings (SSSR count). The Hall–Kier alpha value is -2.34. The van der Waals surface area contributed by atoms with Gasteiger partial charge >= 0.3 is 0 Å². The van der Waals surface area contributed by atoms with Crippen LogP contribution in [0.4, 0.5) is 0 Å². The first-order chi connectivity index (χ1) is 14.7. The number of aromatic nitrogens is 2. The number of carbonyl (C=O) groups is 1. The highest BCUT2D eigenvalue weighted by molar-refractivity contribution is 5.94. The van der Waals surface area contributed by atoms with Crippen LogP contribution in [0.3, 0.4) is 0 Å². The number of likely N-dealkylation sites (tertiary alicyclic amines) is 1. The zero-order valence-electron chi connectivity index (χ0n) is 17.6. The van der Waals surface area contributed by atoms with E-state index in [2.05, 4.69) is 15.3 Å². The highest BCUT2D eigenvalue weighted by Gasteiger charge is 2.29. The summed E-state index contributed by atoms with van der Waals surface area (Å²) in [7, 11) is 0. The summed E-state index contributed by atoms with van der Waals surface area (Å²) in [5, 5.41) is 7.49. The fourth-order valence-electron chi connectivity index (χ4n) is 4.90. The van der Waals surface area contributed by atoms with Crippen LogP contribution in [0.25, 0.3) is 5.69 Å². The number of ether oxygens (including phenoxy) is 1. The first-order valence-corrected chi connectivity index (χ1v) is 11.6. The Balaban J connectivity index is 1.14. The van der Waals surface area contributed by atoms with Crippen molar-refractivity contribution in [3.63, 3.8) is 0 Å². The first-order valence-electron chi connectivity index (χ1n) is 11.6. The van der Waals surface area contributed by atoms with Crippen molar-refractivity contribution in [2.45, 2.75) is 76.0 Å². The molecule has 2 aliphatic carbocycles. The maximum Gasteiger partial charge on any atom is 0.254 e. The third-order valence-electron chi connectivity index (χ3n) is 7.01. The van der Waals surface area contributed by atoms with Crippen LogP contribution >= 0.6 is 0 Å². The quantitative estimate of drug-likeness (QED) is 0.787. The van der Waals surface area contributed by atoms with Crippen LogP contribution in [0.2, 0.25) is 0 Å². The molecule has 1 aromatic heterocycles. The van der Waals surface area contributed by atoms with E-state index in [1.165, 1.54) is 32.1 Å². The normalized spacial score (nSPS) is 21.5. The SMILES string of the molecule is O=C(NC1CCCC1)c1cnn(-c2ccc(OC3CCN(C4CCC4)CC3)cc2)c1. The number of piperidine rings is 1. The predicted molar refractivity (Wildman–Crippen MR) is 116 cm³/mol. The summed E-state index contributed by atoms with van der Waals surface area (Å²) in [6.45, 7) is 2.32. The molecule has 0 atom stereocenters. The molecule has 0 unspecified atom stereocenters. The van der Waals surface area contributed by atoms with Gasteiger partial charge in [0.25, 0.3) is 5.91 Å². The topological polar surface area (TPSA) is 59.4 Å². The lowest BCUT2D eigenvalue weighted by Crippen LogP contribution is -2.46. The van der Waals surface area contributed by atoms with Gasteiger partial charge in [0.2, 0.25) is 0 Å². The van der Waals surface area contributed by atoms with Crippen molar-refractivity contribution >= 4 is 5.91 Å². The number of rotatable bonds is 6. The van der Waals surface area contributed by atoms with Crippen LogP contribution in [0.1, 0.15) is 68.1 Å². The van der Waals surface area contributed by atoms with Gasteiger partial charge in [0.1, 0.15) is 11.9 Å². The van der Waals surface area contributed by atoms with Crippen molar-refractivity contribution in [2.75, 3.05) is 13.1 Å². The standard InChI is InChI=1S/C24H32N4O2/c29-24(26-19-4-1-2-5-19)18-16-25-28(17-18)21-8-10-22(11-9-21)30-23-12-14-27(15-13-23)20-6-3-7-20/h8-11,16-17,19-20,23H,1-7,12-15H2,(H,26,29). The number of hydrogen-bond donors (Lipinski definition) is 1. The Morgan fingerprint density at radius 1 is 0.967 bits per heavy atom. The van der Waals surface area contributed by atoms with Crippen molar-refractivity contribution in [3.05, 3.63) is 42.2 Å². The minimum atomic E-state index is -0.0265. The van der Waals surface area contributed by atoms with Gasteiger partial charge in [-0.2, -0.15) is 5.10 Å². The second kappa shape index (κ2) is 8.80. The molecular weight excluding hydrogens is 376 g/mol. The van der Waals surface area contributed by atoms with Gasteiger partial charge in [-0.1, -0.05) is 19.3 Å². The summed E-state index contributed by atoms with van der Waals surface area (Å²) in [5.41, 5.74) is 1.54. The minimum Gasteiger partial charge on any atom is -0.490 e. The largest absolute Gasteiger partial charge is 0.490 e. The number of benzene rings is 1. The molecule has 3 fully saturated rings. The molecule has 1 aliphatic heterocycles. The van der Waals surface area contributed by atoms with Crippen molar-refractivity contribution in [2.24, 2.45) is 0 Å². The van der Waals surface area contributed by atoms with E-state index >= 15 is 0 Å². The molecule has 0 bridgehead atoms. The molecule has 6 nitrogen and oxygen atoms in total. The van der Waals surface area contributed by atoms with Gasteiger partial charge < -0.3 is 15.0 Å². The molecule has 3 aliphatic rings. The molecule has 160 valence electrons. The summed E-state index contributed by atoms with van der Waals surface area (Å²) >= 11 is 0. The Labute approximate surface area is 178 Å². The van der Waals surface area contributed by atoms with Crippen LogP contribution in [-0.4, -0.2) is 51.9 Å². The van der Waals surface area contributed by atoms with Gasteiger partial charge in [-0.05, 0) is 62.8 Å². The number of hydrogen-bond acceptors (Lipinski definition) is 4. The molecule has 1 N–H and O–H groups in total. The highest BCUT2D eigenvalue weighted by atomic mass is 16.5. The molecule has 6 heteroatoms. The Morgan fingerprint density at radius 3 is 2.37 bits per heavy atom. The molecular formula is C24H32N4O2. The number of amides is 1. The van der Waals surface area contributed by atoms with Crippen LogP contribution in [-0.2, 0) is 0 Å². The van der Waals surface area contributed by atoms with Crippen LogP contribution in [0.5, 0.6) is 5.75 Å². The summed E-state index contributed by atoms with van der Waals surface area (Å²) < 4.78 is 7.98. The van der Waals surface area contributed by atoms with Crippen molar-refractivity contribution in [1.29, 1.82) is 0 Å². The molecule has 1 amide bonds. The molecule has 0 spiro atoms. The number of carbonyl (C=O) groups excluding carboxylic acids is 1. The van der Waals surface area contributed by atoms with Crippen LogP contribution < -0.4 is 10.1 Å². The minimum absolute atomic E-state index is 0.0265. The van der Waals surface area contributed by atoms with Gasteiger partial charge in [-0.15, -0.1) is 0 Å². The van der Waals surface area contributed by atoms with Gasteiger partial charge in [0.15, 0.2) is 0 Å². The molecule has 2 aromatic rings. The van der Waals surface area contributed by atoms with E-state index in [1.54, 1.807) is 17.1 Å². The third kappa shape index (κ3) is 4.38. The van der Waals surface area contributed by atoms with Gasteiger partial charge in [-0.25, -0.2) is 4.68 Å². The van der Waals surface area contributed by atoms with E-state index in [1.807, 2.05) is 24.3 Å². The lowest BCUT2D eigenvalue weighted by atomic mass is 9.90. The maximum atomic E-state index is 12.4. The molecule has 30 heavy (non-hydrogen) atoms. The zero-order chi connectivity index (χ0) is 20.3. The van der Waals surface area contributed by atoms with Crippen molar-refractivity contribution in [1.82, 2.24) is 20.0 Å². The number of nitrogens with one attached hydrogen (secondary N) is 1. The van der Waals surface area contributed by atoms with E-state index in [0.29, 0.717) is 17.7 Å². The molecule has 0 radical (unpaired) electrons. The van der Waals surface area contributed by atoms with Crippen molar-refractivity contribution < 1.29 is 9.53 Å². The maximum absolute atomic E-state index is 12.4. The first kappa shape index (κ1) is 19.6.